The molecule has 0 aliphatic heterocycles. The van der Waals surface area contributed by atoms with E-state index in [9.17, 15) is 0 Å². The Hall–Kier alpha value is -5.76. The van der Waals surface area contributed by atoms with Crippen LogP contribution < -0.4 is 69.8 Å². The van der Waals surface area contributed by atoms with Gasteiger partial charge in [0.2, 0.25) is 0 Å². The first-order valence-electron chi connectivity index (χ1n) is 22.6. The van der Waals surface area contributed by atoms with Crippen molar-refractivity contribution in [3.05, 3.63) is 302 Å². The van der Waals surface area contributed by atoms with Crippen LogP contribution in [-0.2, 0) is 0 Å². The third-order valence-corrected chi connectivity index (χ3v) is 34.4. The normalized spacial score (nSPS) is 11.7. The Kier molecular flexibility index (Phi) is 16.4. The van der Waals surface area contributed by atoms with Gasteiger partial charge in [-0.2, -0.15) is 0 Å². The second-order valence-electron chi connectivity index (χ2n) is 16.8. The van der Waals surface area contributed by atoms with Crippen LogP contribution in [-0.4, -0.2) is 8.46 Å². The van der Waals surface area contributed by atoms with E-state index in [2.05, 4.69) is 305 Å². The molecule has 0 aliphatic rings. The van der Waals surface area contributed by atoms with Gasteiger partial charge in [0, 0.05) is 0 Å². The van der Waals surface area contributed by atoms with Crippen LogP contribution in [0.5, 0.6) is 0 Å². The van der Waals surface area contributed by atoms with Crippen LogP contribution in [0, 0.1) is 13.8 Å². The van der Waals surface area contributed by atoms with Crippen molar-refractivity contribution in [2.24, 2.45) is 0 Å². The second kappa shape index (κ2) is 22.4. The predicted octanol–water partition coefficient (Wildman–Crippen LogP) is 7.88. The molecule has 0 spiro atoms. The zero-order valence-corrected chi connectivity index (χ0v) is 44.2. The van der Waals surface area contributed by atoms with Gasteiger partial charge in [0.15, 0.2) is 0 Å². The number of benzene rings is 10. The minimum Gasteiger partial charge on any atom is -1.00 e. The summed E-state index contributed by atoms with van der Waals surface area (Å²) in [6.45, 7) is 4.34. The van der Waals surface area contributed by atoms with E-state index in [1.807, 2.05) is 0 Å². The molecular formula is C62H56Br2P2Si. The van der Waals surface area contributed by atoms with Crippen LogP contribution in [0.3, 0.4) is 0 Å². The first-order valence-corrected chi connectivity index (χ1v) is 29.4. The van der Waals surface area contributed by atoms with Gasteiger partial charge in [0.05, 0.1) is 0 Å². The van der Waals surface area contributed by atoms with Crippen LogP contribution in [0.2, 0.25) is 0 Å². The molecule has 0 unspecified atom stereocenters. The molecule has 332 valence electrons. The smallest absolute Gasteiger partial charge is 0.144 e. The molecular weight excluding hydrogens is 995 g/mol. The number of hydrogen-bond donors (Lipinski definition) is 0. The molecule has 10 rings (SSSR count). The van der Waals surface area contributed by atoms with Crippen LogP contribution in [0.1, 0.15) is 11.1 Å². The van der Waals surface area contributed by atoms with Crippen molar-refractivity contribution in [1.82, 2.24) is 0 Å². The molecule has 0 saturated heterocycles. The third kappa shape index (κ3) is 9.05. The van der Waals surface area contributed by atoms with Crippen molar-refractivity contribution in [2.45, 2.75) is 13.8 Å². The number of rotatable bonds is 11. The Labute approximate surface area is 421 Å². The van der Waals surface area contributed by atoms with Crippen molar-refractivity contribution >= 4 is 91.7 Å². The third-order valence-electron chi connectivity index (χ3n) is 13.0. The summed E-state index contributed by atoms with van der Waals surface area (Å²) in [6.07, 6.45) is -3.39. The molecule has 10 aromatic rings. The summed E-state index contributed by atoms with van der Waals surface area (Å²) in [4.78, 5) is 0. The van der Waals surface area contributed by atoms with Gasteiger partial charge in [-0.05, 0) is 55.5 Å². The molecule has 0 saturated carbocycles. The topological polar surface area (TPSA) is 0 Å². The molecule has 0 bridgehead atoms. The van der Waals surface area contributed by atoms with Crippen LogP contribution in [0.4, 0.5) is 0 Å². The van der Waals surface area contributed by atoms with Crippen molar-refractivity contribution in [3.8, 4) is 0 Å². The Balaban J connectivity index is 0.000000208. The average molecular weight is 1050 g/mol. The van der Waals surface area contributed by atoms with E-state index >= 15 is 0 Å². The molecule has 5 heteroatoms. The Morgan fingerprint density at radius 2 is 0.493 bits per heavy atom. The molecule has 0 radical (unpaired) electrons. The van der Waals surface area contributed by atoms with E-state index in [1.165, 1.54) is 63.9 Å². The standard InChI is InChI=1S/C37H33PSi.C25H22P.2BrH/c1-31-27-29-35(30-28-31)38(32-17-7-2-8-18-32,33-19-9-3-10-20-33,34-21-11-4-12-22-34)39(36-23-13-5-14-24-36)37-25-15-6-16-26-37;1-21-17-19-25(20-18-21)26(22-11-5-2-6-12-22,23-13-7-3-8-14-23)24-15-9-4-10-16-24;;/h2-30,39H,1H3;2-20H,1H3;2*1H/q;+1;;/p-1. The first kappa shape index (κ1) is 49.1. The minimum atomic E-state index is -3.39. The number of hydrogen-bond acceptors (Lipinski definition) is 0. The fourth-order valence-corrected chi connectivity index (χ4v) is 33.6. The molecule has 0 aromatic heterocycles. The molecule has 0 heterocycles. The van der Waals surface area contributed by atoms with Gasteiger partial charge < -0.3 is 17.0 Å². The molecule has 0 fully saturated rings. The monoisotopic (exact) mass is 1050 g/mol. The van der Waals surface area contributed by atoms with Crippen LogP contribution in [0.25, 0.3) is 0 Å². The van der Waals surface area contributed by atoms with Gasteiger partial charge in [0.1, 0.15) is 28.5 Å². The predicted molar refractivity (Wildman–Crippen MR) is 302 cm³/mol. The van der Waals surface area contributed by atoms with Gasteiger partial charge in [0.25, 0.3) is 0 Å². The summed E-state index contributed by atoms with van der Waals surface area (Å²) < 4.78 is 0. The molecule has 67 heavy (non-hydrogen) atoms. The van der Waals surface area contributed by atoms with E-state index < -0.39 is 21.9 Å². The summed E-state index contributed by atoms with van der Waals surface area (Å²) in [5, 5.41) is 14.2. The summed E-state index contributed by atoms with van der Waals surface area (Å²) in [6, 6.07) is 109. The van der Waals surface area contributed by atoms with Crippen molar-refractivity contribution < 1.29 is 17.0 Å². The SMILES string of the molecule is Br.Cc1ccc(P(c2ccccc2)(c2ccccc2)(c2ccccc2)[SiH](c2ccccc2)c2ccccc2)cc1.Cc1ccc([P+](c2ccccc2)(c2ccccc2)c2ccccc2)cc1.[Br-]. The molecule has 10 aromatic carbocycles. The summed E-state index contributed by atoms with van der Waals surface area (Å²) in [5.41, 5.74) is 2.57. The van der Waals surface area contributed by atoms with Gasteiger partial charge in [-0.1, -0.05) is 72.3 Å². The zero-order valence-electron chi connectivity index (χ0n) is 38.0. The van der Waals surface area contributed by atoms with Crippen molar-refractivity contribution in [3.63, 3.8) is 0 Å². The molecule has 0 amide bonds. The summed E-state index contributed by atoms with van der Waals surface area (Å²) in [7, 11) is -4.05. The fraction of sp³-hybridized carbons (Fsp3) is 0.0323. The Morgan fingerprint density at radius 3 is 0.791 bits per heavy atom. The van der Waals surface area contributed by atoms with Crippen LogP contribution in [0.15, 0.2) is 291 Å². The van der Waals surface area contributed by atoms with E-state index in [1.54, 1.807) is 0 Å². The Bertz CT molecular complexity index is 2780. The molecule has 0 nitrogen and oxygen atoms in total. The fourth-order valence-electron chi connectivity index (χ4n) is 10.2. The van der Waals surface area contributed by atoms with E-state index in [0.717, 1.165) is 0 Å². The zero-order chi connectivity index (χ0) is 44.4. The Morgan fingerprint density at radius 1 is 0.269 bits per heavy atom. The number of aryl methyl sites for hydroxylation is 2. The van der Waals surface area contributed by atoms with E-state index in [-0.39, 0.29) is 34.0 Å². The van der Waals surface area contributed by atoms with Crippen molar-refractivity contribution in [1.29, 1.82) is 0 Å². The van der Waals surface area contributed by atoms with E-state index in [0.29, 0.717) is 0 Å². The maximum absolute atomic E-state index is 3.39. The number of halogens is 2. The molecule has 0 aliphatic carbocycles. The average Bonchev–Trinajstić information content (AvgIpc) is 3.39. The first-order chi connectivity index (χ1) is 32.1. The maximum Gasteiger partial charge on any atom is 0.144 e. The maximum atomic E-state index is 2.44. The summed E-state index contributed by atoms with van der Waals surface area (Å²) >= 11 is 0. The minimum absolute atomic E-state index is 0. The molecule has 0 atom stereocenters. The quantitative estimate of drug-likeness (QED) is 0.0915. The largest absolute Gasteiger partial charge is 1.00 e. The van der Waals surface area contributed by atoms with Crippen molar-refractivity contribution in [2.75, 3.05) is 0 Å². The second-order valence-corrected chi connectivity index (χ2v) is 31.4. The van der Waals surface area contributed by atoms with Gasteiger partial charge >= 0.3 is 235 Å². The van der Waals surface area contributed by atoms with E-state index in [4.69, 9.17) is 0 Å². The molecule has 0 N–H and O–H groups in total. The van der Waals surface area contributed by atoms with Gasteiger partial charge in [-0.15, -0.1) is 17.0 Å². The summed E-state index contributed by atoms with van der Waals surface area (Å²) in [5.74, 6) is 0. The van der Waals surface area contributed by atoms with Crippen LogP contribution >= 0.6 is 30.4 Å². The van der Waals surface area contributed by atoms with Gasteiger partial charge in [-0.25, -0.2) is 0 Å². The van der Waals surface area contributed by atoms with Gasteiger partial charge in [-0.3, -0.25) is 0 Å².